The summed E-state index contributed by atoms with van der Waals surface area (Å²) in [5, 5.41) is 22.9. The van der Waals surface area contributed by atoms with Crippen LogP contribution < -0.4 is 9.47 Å². The number of amides is 1. The predicted octanol–water partition coefficient (Wildman–Crippen LogP) is 3.62. The largest absolute Gasteiger partial charge is 0.573 e. The van der Waals surface area contributed by atoms with Gasteiger partial charge in [0.15, 0.2) is 11.5 Å². The molecule has 4 aliphatic rings. The molecule has 2 aromatic rings. The number of nitrogens with zero attached hydrogens (tertiary/aromatic N) is 2. The summed E-state index contributed by atoms with van der Waals surface area (Å²) in [6.07, 6.45) is -0.334. The van der Waals surface area contributed by atoms with E-state index < -0.39 is 23.5 Å². The SMILES string of the molecule is CN1CC[C@]23c4c5ccc(O)c4O[C@H]2[C@@H](N(C)C(=O)C=Cc2cccc(OC(F)(F)F)c2)CC[C@@]3(O)[C@H]1C5. The zero-order valence-corrected chi connectivity index (χ0v) is 21.0. The molecule has 1 spiro atoms. The highest BCUT2D eigenvalue weighted by molar-refractivity contribution is 5.92. The summed E-state index contributed by atoms with van der Waals surface area (Å²) < 4.78 is 48.1. The Morgan fingerprint density at radius 3 is 2.82 bits per heavy atom. The van der Waals surface area contributed by atoms with Crippen molar-refractivity contribution in [1.82, 2.24) is 9.80 Å². The van der Waals surface area contributed by atoms with Crippen LogP contribution in [0.1, 0.15) is 36.0 Å². The van der Waals surface area contributed by atoms with Crippen molar-refractivity contribution in [3.8, 4) is 17.2 Å². The van der Waals surface area contributed by atoms with Crippen molar-refractivity contribution in [3.63, 3.8) is 0 Å². The van der Waals surface area contributed by atoms with Crippen molar-refractivity contribution in [1.29, 1.82) is 0 Å². The maximum Gasteiger partial charge on any atom is 0.573 e. The van der Waals surface area contributed by atoms with Crippen molar-refractivity contribution in [2.24, 2.45) is 0 Å². The number of likely N-dealkylation sites (tertiary alicyclic amines) is 1. The molecule has 0 aromatic heterocycles. The third kappa shape index (κ3) is 3.53. The second-order valence-electron chi connectivity index (χ2n) is 10.8. The van der Waals surface area contributed by atoms with E-state index in [0.717, 1.165) is 17.7 Å². The second kappa shape index (κ2) is 8.38. The van der Waals surface area contributed by atoms with Crippen LogP contribution in [-0.2, 0) is 16.6 Å². The molecule has 2 fully saturated rings. The molecule has 10 heteroatoms. The van der Waals surface area contributed by atoms with Gasteiger partial charge in [-0.1, -0.05) is 18.2 Å². The van der Waals surface area contributed by atoms with Gasteiger partial charge in [0, 0.05) is 24.7 Å². The number of aromatic hydroxyl groups is 1. The van der Waals surface area contributed by atoms with Crippen LogP contribution in [0, 0.1) is 0 Å². The second-order valence-corrected chi connectivity index (χ2v) is 10.8. The van der Waals surface area contributed by atoms with Gasteiger partial charge in [-0.2, -0.15) is 0 Å². The third-order valence-electron chi connectivity index (χ3n) is 9.05. The van der Waals surface area contributed by atoms with Gasteiger partial charge in [-0.15, -0.1) is 13.2 Å². The summed E-state index contributed by atoms with van der Waals surface area (Å²) >= 11 is 0. The zero-order valence-electron chi connectivity index (χ0n) is 21.0. The first-order valence-electron chi connectivity index (χ1n) is 12.7. The molecule has 6 rings (SSSR count). The van der Waals surface area contributed by atoms with Gasteiger partial charge in [0.2, 0.25) is 5.91 Å². The number of phenolic OH excluding ortho intramolecular Hbond substituents is 1. The summed E-state index contributed by atoms with van der Waals surface area (Å²) in [6, 6.07) is 8.46. The van der Waals surface area contributed by atoms with Crippen LogP contribution in [0.5, 0.6) is 17.2 Å². The van der Waals surface area contributed by atoms with Crippen LogP contribution in [0.15, 0.2) is 42.5 Å². The van der Waals surface area contributed by atoms with Crippen molar-refractivity contribution >= 4 is 12.0 Å². The van der Waals surface area contributed by atoms with Crippen LogP contribution in [0.3, 0.4) is 0 Å². The molecular weight excluding hydrogens is 501 g/mol. The van der Waals surface area contributed by atoms with Gasteiger partial charge in [0.25, 0.3) is 0 Å². The lowest BCUT2D eigenvalue weighted by atomic mass is 9.48. The number of rotatable bonds is 4. The summed E-state index contributed by atoms with van der Waals surface area (Å²) in [6.45, 7) is 0.752. The fourth-order valence-corrected chi connectivity index (χ4v) is 7.39. The minimum absolute atomic E-state index is 0.0286. The van der Waals surface area contributed by atoms with Crippen LogP contribution in [0.4, 0.5) is 13.2 Å². The number of piperidine rings is 1. The fourth-order valence-electron chi connectivity index (χ4n) is 7.39. The van der Waals surface area contributed by atoms with Crippen LogP contribution >= 0.6 is 0 Å². The standard InChI is InChI=1S/C28H29F3N2O5/c1-32-13-12-26-23-17-7-8-20(34)24(23)37-25(26)19(10-11-27(26,36)21(32)15-17)33(2)22(35)9-6-16-4-3-5-18(14-16)38-28(29,30)31/h3-9,14,19,21,25,34,36H,10-13,15H2,1-2H3/t19-,21+,25-,26-,27+/m0/s1. The lowest BCUT2D eigenvalue weighted by molar-refractivity contribution is -0.274. The Bertz CT molecular complexity index is 1330. The van der Waals surface area contributed by atoms with Gasteiger partial charge in [-0.3, -0.25) is 4.79 Å². The molecule has 2 N–H and O–H groups in total. The van der Waals surface area contributed by atoms with Crippen LogP contribution in [-0.4, -0.2) is 76.7 Å². The highest BCUT2D eigenvalue weighted by Gasteiger charge is 2.73. The van der Waals surface area contributed by atoms with Gasteiger partial charge in [-0.05, 0) is 74.7 Å². The number of ether oxygens (including phenoxy) is 2. The highest BCUT2D eigenvalue weighted by Crippen LogP contribution is 2.65. The van der Waals surface area contributed by atoms with Crippen molar-refractivity contribution in [2.45, 2.75) is 61.2 Å². The van der Waals surface area contributed by atoms with Gasteiger partial charge in [0.05, 0.1) is 17.1 Å². The quantitative estimate of drug-likeness (QED) is 0.588. The zero-order chi connectivity index (χ0) is 27.0. The average Bonchev–Trinajstić information content (AvgIpc) is 3.21. The number of carbonyl (C=O) groups is 1. The number of carbonyl (C=O) groups excluding carboxylic acids is 1. The van der Waals surface area contributed by atoms with E-state index in [2.05, 4.69) is 9.64 Å². The molecule has 1 amide bonds. The minimum Gasteiger partial charge on any atom is -0.504 e. The van der Waals surface area contributed by atoms with E-state index in [4.69, 9.17) is 4.74 Å². The van der Waals surface area contributed by atoms with E-state index in [-0.39, 0.29) is 29.5 Å². The topological polar surface area (TPSA) is 82.5 Å². The summed E-state index contributed by atoms with van der Waals surface area (Å²) in [4.78, 5) is 17.1. The number of benzene rings is 2. The van der Waals surface area contributed by atoms with E-state index in [9.17, 15) is 28.2 Å². The first-order chi connectivity index (χ1) is 17.9. The number of likely N-dealkylation sites (N-methyl/N-ethyl adjacent to an activating group) is 2. The predicted molar refractivity (Wildman–Crippen MR) is 132 cm³/mol. The van der Waals surface area contributed by atoms with E-state index in [0.29, 0.717) is 37.0 Å². The van der Waals surface area contributed by atoms with Gasteiger partial charge in [0.1, 0.15) is 11.9 Å². The first-order valence-corrected chi connectivity index (χ1v) is 12.7. The molecule has 2 aliphatic heterocycles. The van der Waals surface area contributed by atoms with E-state index in [1.807, 2.05) is 13.1 Å². The Morgan fingerprint density at radius 2 is 2.05 bits per heavy atom. The first kappa shape index (κ1) is 25.1. The molecule has 2 aromatic carbocycles. The molecule has 0 radical (unpaired) electrons. The van der Waals surface area contributed by atoms with Crippen molar-refractivity contribution in [3.05, 3.63) is 59.2 Å². The maximum atomic E-state index is 13.3. The Hall–Kier alpha value is -3.24. The fraction of sp³-hybridized carbons (Fsp3) is 0.464. The molecule has 1 saturated carbocycles. The Kier molecular flexibility index (Phi) is 5.53. The smallest absolute Gasteiger partial charge is 0.504 e. The lowest BCUT2D eigenvalue weighted by Gasteiger charge is -2.64. The molecular formula is C28H29F3N2O5. The average molecular weight is 531 g/mol. The lowest BCUT2D eigenvalue weighted by Crippen LogP contribution is -2.77. The summed E-state index contributed by atoms with van der Waals surface area (Å²) in [7, 11) is 3.69. The van der Waals surface area contributed by atoms with Gasteiger partial charge in [-0.25, -0.2) is 0 Å². The number of hydrogen-bond acceptors (Lipinski definition) is 6. The molecule has 7 nitrogen and oxygen atoms in total. The van der Waals surface area contributed by atoms with Crippen LogP contribution in [0.25, 0.3) is 6.08 Å². The van der Waals surface area contributed by atoms with Crippen LogP contribution in [0.2, 0.25) is 0 Å². The number of halogens is 3. The number of alkyl halides is 3. The molecule has 2 heterocycles. The summed E-state index contributed by atoms with van der Waals surface area (Å²) in [5.74, 6) is -0.282. The Balaban J connectivity index is 1.30. The Labute approximate surface area is 218 Å². The highest BCUT2D eigenvalue weighted by atomic mass is 19.4. The molecule has 1 saturated heterocycles. The maximum absolute atomic E-state index is 13.3. The number of phenols is 1. The molecule has 0 unspecified atom stereocenters. The third-order valence-corrected chi connectivity index (χ3v) is 9.05. The summed E-state index contributed by atoms with van der Waals surface area (Å²) in [5.41, 5.74) is 0.492. The normalized spacial score (nSPS) is 31.6. The monoisotopic (exact) mass is 530 g/mol. The van der Waals surface area contributed by atoms with Gasteiger partial charge < -0.3 is 29.5 Å². The number of aliphatic hydroxyl groups is 1. The van der Waals surface area contributed by atoms with Crippen molar-refractivity contribution < 1.29 is 37.7 Å². The Morgan fingerprint density at radius 1 is 1.26 bits per heavy atom. The molecule has 202 valence electrons. The molecule has 38 heavy (non-hydrogen) atoms. The molecule has 5 atom stereocenters. The van der Waals surface area contributed by atoms with E-state index in [1.54, 1.807) is 24.1 Å². The van der Waals surface area contributed by atoms with Crippen molar-refractivity contribution in [2.75, 3.05) is 20.6 Å². The van der Waals surface area contributed by atoms with E-state index >= 15 is 0 Å². The molecule has 2 aliphatic carbocycles. The van der Waals surface area contributed by atoms with Gasteiger partial charge >= 0.3 is 6.36 Å². The number of hydrogen-bond donors (Lipinski definition) is 2. The molecule has 2 bridgehead atoms. The van der Waals surface area contributed by atoms with E-state index in [1.165, 1.54) is 30.4 Å². The minimum atomic E-state index is -4.81.